The molecular formula is C18H14BrNO3. The average molecular weight is 372 g/mol. The molecule has 1 aliphatic rings. The second-order valence-electron chi connectivity index (χ2n) is 5.34. The molecule has 0 aliphatic carbocycles. The Kier molecular flexibility index (Phi) is 4.30. The molecule has 0 radical (unpaired) electrons. The Balaban J connectivity index is 1.99. The molecule has 1 heterocycles. The number of fused-ring (bicyclic) bond motifs is 1. The second kappa shape index (κ2) is 6.38. The highest BCUT2D eigenvalue weighted by molar-refractivity contribution is 9.10. The molecule has 2 aromatic carbocycles. The number of carboxylic acid groups (broad SMARTS) is 1. The minimum atomic E-state index is -1.00. The average Bonchev–Trinajstić information content (AvgIpc) is 2.73. The standard InChI is InChI=1S/C18H14BrNO3/c19-14-6-3-5-12(9-14)17(21)16-10-13(18(22)23)8-11-4-1-2-7-15(11)20-16/h1-9,16,20H,10H2,(H,22,23). The Morgan fingerprint density at radius 3 is 2.65 bits per heavy atom. The van der Waals surface area contributed by atoms with E-state index in [0.717, 1.165) is 15.7 Å². The molecule has 0 spiro atoms. The van der Waals surface area contributed by atoms with E-state index in [1.54, 1.807) is 24.3 Å². The maximum atomic E-state index is 12.8. The highest BCUT2D eigenvalue weighted by atomic mass is 79.9. The summed E-state index contributed by atoms with van der Waals surface area (Å²) >= 11 is 3.35. The molecule has 1 aliphatic heterocycles. The summed E-state index contributed by atoms with van der Waals surface area (Å²) < 4.78 is 0.811. The molecule has 0 amide bonds. The normalized spacial score (nSPS) is 16.6. The monoisotopic (exact) mass is 371 g/mol. The van der Waals surface area contributed by atoms with Crippen LogP contribution >= 0.6 is 15.9 Å². The van der Waals surface area contributed by atoms with Crippen molar-refractivity contribution >= 4 is 39.4 Å². The number of hydrogen-bond donors (Lipinski definition) is 2. The number of nitrogens with one attached hydrogen (secondary N) is 1. The lowest BCUT2D eigenvalue weighted by Gasteiger charge is -2.18. The smallest absolute Gasteiger partial charge is 0.331 e. The maximum absolute atomic E-state index is 12.8. The van der Waals surface area contributed by atoms with E-state index in [0.29, 0.717) is 5.56 Å². The lowest BCUT2D eigenvalue weighted by Crippen LogP contribution is -2.30. The Morgan fingerprint density at radius 1 is 1.13 bits per heavy atom. The summed E-state index contributed by atoms with van der Waals surface area (Å²) in [5.41, 5.74) is 2.29. The molecule has 4 nitrogen and oxygen atoms in total. The van der Waals surface area contributed by atoms with Crippen LogP contribution in [0.1, 0.15) is 22.3 Å². The fourth-order valence-electron chi connectivity index (χ4n) is 2.61. The Hall–Kier alpha value is -2.40. The molecule has 0 bridgehead atoms. The molecule has 23 heavy (non-hydrogen) atoms. The molecule has 3 rings (SSSR count). The van der Waals surface area contributed by atoms with Crippen LogP contribution in [-0.4, -0.2) is 22.9 Å². The van der Waals surface area contributed by atoms with Crippen molar-refractivity contribution in [1.29, 1.82) is 0 Å². The van der Waals surface area contributed by atoms with Crippen LogP contribution in [0.4, 0.5) is 5.69 Å². The summed E-state index contributed by atoms with van der Waals surface area (Å²) in [7, 11) is 0. The number of anilines is 1. The predicted molar refractivity (Wildman–Crippen MR) is 92.6 cm³/mol. The van der Waals surface area contributed by atoms with Gasteiger partial charge in [0.25, 0.3) is 0 Å². The van der Waals surface area contributed by atoms with Crippen LogP contribution in [0.3, 0.4) is 0 Å². The summed E-state index contributed by atoms with van der Waals surface area (Å²) in [4.78, 5) is 24.2. The Bertz CT molecular complexity index is 813. The van der Waals surface area contributed by atoms with Crippen molar-refractivity contribution in [2.45, 2.75) is 12.5 Å². The first-order valence-electron chi connectivity index (χ1n) is 7.14. The minimum absolute atomic E-state index is 0.129. The third-order valence-electron chi connectivity index (χ3n) is 3.74. The highest BCUT2D eigenvalue weighted by Crippen LogP contribution is 2.28. The third kappa shape index (κ3) is 3.35. The zero-order valence-corrected chi connectivity index (χ0v) is 13.7. The number of para-hydroxylation sites is 1. The molecular weight excluding hydrogens is 358 g/mol. The summed E-state index contributed by atoms with van der Waals surface area (Å²) in [6.45, 7) is 0. The number of carbonyl (C=O) groups excluding carboxylic acids is 1. The molecule has 1 atom stereocenters. The van der Waals surface area contributed by atoms with E-state index in [-0.39, 0.29) is 17.8 Å². The van der Waals surface area contributed by atoms with Crippen molar-refractivity contribution in [3.8, 4) is 0 Å². The molecule has 0 saturated carbocycles. The van der Waals surface area contributed by atoms with Gasteiger partial charge in [-0.1, -0.05) is 46.3 Å². The van der Waals surface area contributed by atoms with Crippen LogP contribution in [0.5, 0.6) is 0 Å². The van der Waals surface area contributed by atoms with Crippen LogP contribution < -0.4 is 5.32 Å². The fourth-order valence-corrected chi connectivity index (χ4v) is 3.01. The predicted octanol–water partition coefficient (Wildman–Crippen LogP) is 3.98. The molecule has 116 valence electrons. The van der Waals surface area contributed by atoms with E-state index >= 15 is 0 Å². The number of ketones is 1. The van der Waals surface area contributed by atoms with E-state index in [1.807, 2.05) is 30.3 Å². The van der Waals surface area contributed by atoms with Gasteiger partial charge in [-0.05, 0) is 29.8 Å². The molecule has 2 N–H and O–H groups in total. The molecule has 0 fully saturated rings. The molecule has 5 heteroatoms. The van der Waals surface area contributed by atoms with Crippen LogP contribution in [0.25, 0.3) is 6.08 Å². The van der Waals surface area contributed by atoms with Gasteiger partial charge in [-0.3, -0.25) is 4.79 Å². The first-order valence-corrected chi connectivity index (χ1v) is 7.93. The van der Waals surface area contributed by atoms with Gasteiger partial charge in [-0.25, -0.2) is 4.79 Å². The van der Waals surface area contributed by atoms with Crippen LogP contribution in [0.2, 0.25) is 0 Å². The lowest BCUT2D eigenvalue weighted by atomic mass is 9.98. The first kappa shape index (κ1) is 15.5. The molecule has 0 saturated heterocycles. The first-order chi connectivity index (χ1) is 11.0. The number of Topliss-reactive ketones (excluding diaryl/α,β-unsaturated/α-hetero) is 1. The van der Waals surface area contributed by atoms with Gasteiger partial charge in [0, 0.05) is 27.7 Å². The van der Waals surface area contributed by atoms with Crippen molar-refractivity contribution in [3.05, 3.63) is 69.7 Å². The number of halogens is 1. The maximum Gasteiger partial charge on any atom is 0.331 e. The molecule has 2 aromatic rings. The van der Waals surface area contributed by atoms with E-state index in [4.69, 9.17) is 0 Å². The quantitative estimate of drug-likeness (QED) is 0.800. The van der Waals surface area contributed by atoms with E-state index in [2.05, 4.69) is 21.2 Å². The number of aliphatic carboxylic acids is 1. The number of benzene rings is 2. The van der Waals surface area contributed by atoms with Crippen LogP contribution in [0.15, 0.2) is 58.6 Å². The summed E-state index contributed by atoms with van der Waals surface area (Å²) in [5, 5.41) is 12.6. The topological polar surface area (TPSA) is 66.4 Å². The van der Waals surface area contributed by atoms with Crippen molar-refractivity contribution in [2.24, 2.45) is 0 Å². The van der Waals surface area contributed by atoms with Crippen molar-refractivity contribution in [1.82, 2.24) is 0 Å². The zero-order chi connectivity index (χ0) is 16.4. The highest BCUT2D eigenvalue weighted by Gasteiger charge is 2.27. The largest absolute Gasteiger partial charge is 0.478 e. The fraction of sp³-hybridized carbons (Fsp3) is 0.111. The van der Waals surface area contributed by atoms with Gasteiger partial charge in [0.05, 0.1) is 6.04 Å². The number of carbonyl (C=O) groups is 2. The van der Waals surface area contributed by atoms with Gasteiger partial charge in [0.15, 0.2) is 5.78 Å². The SMILES string of the molecule is O=C(O)C1=Cc2ccccc2NC(C(=O)c2cccc(Br)c2)C1. The van der Waals surface area contributed by atoms with Crippen LogP contribution in [-0.2, 0) is 4.79 Å². The van der Waals surface area contributed by atoms with Crippen molar-refractivity contribution in [3.63, 3.8) is 0 Å². The van der Waals surface area contributed by atoms with Gasteiger partial charge in [0.2, 0.25) is 0 Å². The number of rotatable bonds is 3. The lowest BCUT2D eigenvalue weighted by molar-refractivity contribution is -0.132. The minimum Gasteiger partial charge on any atom is -0.478 e. The number of carboxylic acids is 1. The Labute approximate surface area is 142 Å². The summed E-state index contributed by atoms with van der Waals surface area (Å²) in [6.07, 6.45) is 1.76. The summed E-state index contributed by atoms with van der Waals surface area (Å²) in [5.74, 6) is -1.13. The van der Waals surface area contributed by atoms with Gasteiger partial charge in [-0.15, -0.1) is 0 Å². The number of hydrogen-bond acceptors (Lipinski definition) is 3. The molecule has 0 aromatic heterocycles. The van der Waals surface area contributed by atoms with Crippen molar-refractivity contribution < 1.29 is 14.7 Å². The van der Waals surface area contributed by atoms with E-state index in [9.17, 15) is 14.7 Å². The van der Waals surface area contributed by atoms with Crippen molar-refractivity contribution in [2.75, 3.05) is 5.32 Å². The van der Waals surface area contributed by atoms with Gasteiger partial charge in [0.1, 0.15) is 0 Å². The zero-order valence-electron chi connectivity index (χ0n) is 12.1. The molecule has 1 unspecified atom stereocenters. The second-order valence-corrected chi connectivity index (χ2v) is 6.25. The third-order valence-corrected chi connectivity index (χ3v) is 4.24. The summed E-state index contributed by atoms with van der Waals surface area (Å²) in [6, 6.07) is 13.9. The van der Waals surface area contributed by atoms with Gasteiger partial charge in [-0.2, -0.15) is 0 Å². The van der Waals surface area contributed by atoms with Gasteiger partial charge < -0.3 is 10.4 Å². The Morgan fingerprint density at radius 2 is 1.91 bits per heavy atom. The van der Waals surface area contributed by atoms with Gasteiger partial charge >= 0.3 is 5.97 Å². The van der Waals surface area contributed by atoms with E-state index < -0.39 is 12.0 Å². The van der Waals surface area contributed by atoms with E-state index in [1.165, 1.54) is 0 Å². The van der Waals surface area contributed by atoms with Crippen LogP contribution in [0, 0.1) is 0 Å².